The summed E-state index contributed by atoms with van der Waals surface area (Å²) in [6.45, 7) is 1.23. The number of nitrogens with one attached hydrogen (secondary N) is 2. The number of carbonyl (C=O) groups excluding carboxylic acids is 2. The van der Waals surface area contributed by atoms with Gasteiger partial charge in [-0.2, -0.15) is 0 Å². The van der Waals surface area contributed by atoms with Crippen molar-refractivity contribution in [3.63, 3.8) is 0 Å². The molecule has 2 amide bonds. The van der Waals surface area contributed by atoms with Gasteiger partial charge in [-0.25, -0.2) is 9.37 Å². The summed E-state index contributed by atoms with van der Waals surface area (Å²) in [6.07, 6.45) is 1.68. The number of carboxylic acids is 1. The van der Waals surface area contributed by atoms with E-state index in [1.807, 2.05) is 0 Å². The number of carbonyl (C=O) groups is 3. The van der Waals surface area contributed by atoms with E-state index in [1.54, 1.807) is 31.2 Å². The van der Waals surface area contributed by atoms with Crippen LogP contribution in [0.2, 0.25) is 5.02 Å². The number of aryl methyl sites for hydroxylation is 1. The SMILES string of the molecule is Cc1cnc(C(=O)N[C@H](Cc2ccc(-c3cc(Cl)ccc3F)cc2)CC(CNC(=O)CN)C(=O)O)o1. The summed E-state index contributed by atoms with van der Waals surface area (Å²) >= 11 is 6.00. The van der Waals surface area contributed by atoms with Crippen molar-refractivity contribution >= 4 is 29.4 Å². The van der Waals surface area contributed by atoms with Gasteiger partial charge in [0, 0.05) is 23.2 Å². The lowest BCUT2D eigenvalue weighted by molar-refractivity contribution is -0.142. The minimum absolute atomic E-state index is 0.0102. The molecule has 2 atom stereocenters. The molecular weight excluding hydrogens is 491 g/mol. The van der Waals surface area contributed by atoms with Gasteiger partial charge in [-0.05, 0) is 49.1 Å². The largest absolute Gasteiger partial charge is 0.481 e. The number of aromatic nitrogens is 1. The highest BCUT2D eigenvalue weighted by Crippen LogP contribution is 2.26. The third kappa shape index (κ3) is 7.37. The van der Waals surface area contributed by atoms with E-state index in [1.165, 1.54) is 24.4 Å². The van der Waals surface area contributed by atoms with E-state index in [2.05, 4.69) is 15.6 Å². The summed E-state index contributed by atoms with van der Waals surface area (Å²) in [5.74, 6) is -3.31. The Morgan fingerprint density at radius 1 is 1.19 bits per heavy atom. The number of amides is 2. The molecule has 1 unspecified atom stereocenters. The number of oxazole rings is 1. The van der Waals surface area contributed by atoms with E-state index in [0.29, 0.717) is 21.9 Å². The van der Waals surface area contributed by atoms with Gasteiger partial charge in [0.2, 0.25) is 5.91 Å². The first kappa shape index (κ1) is 26.8. The van der Waals surface area contributed by atoms with E-state index < -0.39 is 35.6 Å². The first-order valence-corrected chi connectivity index (χ1v) is 11.5. The normalized spacial score (nSPS) is 12.6. The molecule has 3 aromatic rings. The third-order valence-electron chi connectivity index (χ3n) is 5.48. The standard InChI is InChI=1S/C25H26ClFN4O5/c1-14-12-30-24(36-14)23(33)31-19(9-17(25(34)35)13-29-22(32)11-28)8-15-2-4-16(5-3-15)20-10-18(26)6-7-21(20)27/h2-7,10,12,17,19H,8-9,11,13,28H2,1H3,(H,29,32)(H,31,33)(H,34,35)/t17?,19-/m1/s1. The van der Waals surface area contributed by atoms with Crippen LogP contribution >= 0.6 is 11.6 Å². The molecular formula is C25H26ClFN4O5. The van der Waals surface area contributed by atoms with Gasteiger partial charge in [0.05, 0.1) is 18.7 Å². The molecule has 190 valence electrons. The predicted molar refractivity (Wildman–Crippen MR) is 131 cm³/mol. The number of hydrogen-bond donors (Lipinski definition) is 4. The molecule has 9 nitrogen and oxygen atoms in total. The Kier molecular flexibility index (Phi) is 9.15. The van der Waals surface area contributed by atoms with Gasteiger partial charge >= 0.3 is 11.9 Å². The lowest BCUT2D eigenvalue weighted by atomic mass is 9.93. The molecule has 5 N–H and O–H groups in total. The quantitative estimate of drug-likeness (QED) is 0.306. The number of benzene rings is 2. The minimum atomic E-state index is -1.13. The van der Waals surface area contributed by atoms with E-state index in [9.17, 15) is 23.9 Å². The number of halogens is 2. The Bertz CT molecular complexity index is 1230. The lowest BCUT2D eigenvalue weighted by Crippen LogP contribution is -2.43. The average molecular weight is 517 g/mol. The van der Waals surface area contributed by atoms with Crippen molar-refractivity contribution in [1.82, 2.24) is 15.6 Å². The van der Waals surface area contributed by atoms with Crippen molar-refractivity contribution < 1.29 is 28.3 Å². The van der Waals surface area contributed by atoms with Crippen molar-refractivity contribution in [2.75, 3.05) is 13.1 Å². The van der Waals surface area contributed by atoms with Crippen LogP contribution in [-0.4, -0.2) is 47.0 Å². The Hall–Kier alpha value is -3.76. The molecule has 0 saturated carbocycles. The van der Waals surface area contributed by atoms with Crippen molar-refractivity contribution in [3.8, 4) is 11.1 Å². The van der Waals surface area contributed by atoms with E-state index in [-0.39, 0.29) is 31.8 Å². The second-order valence-electron chi connectivity index (χ2n) is 8.25. The monoisotopic (exact) mass is 516 g/mol. The van der Waals surface area contributed by atoms with Gasteiger partial charge in [0.25, 0.3) is 5.89 Å². The second-order valence-corrected chi connectivity index (χ2v) is 8.69. The third-order valence-corrected chi connectivity index (χ3v) is 5.71. The average Bonchev–Trinajstić information content (AvgIpc) is 3.29. The summed E-state index contributed by atoms with van der Waals surface area (Å²) in [6, 6.07) is 10.6. The zero-order valence-corrected chi connectivity index (χ0v) is 20.2. The van der Waals surface area contributed by atoms with Crippen LogP contribution in [0.15, 0.2) is 53.1 Å². The van der Waals surface area contributed by atoms with Gasteiger partial charge < -0.3 is 25.9 Å². The molecule has 1 aromatic heterocycles. The summed E-state index contributed by atoms with van der Waals surface area (Å²) in [4.78, 5) is 39.9. The van der Waals surface area contributed by atoms with E-state index >= 15 is 0 Å². The van der Waals surface area contributed by atoms with Crippen LogP contribution in [0.4, 0.5) is 4.39 Å². The maximum atomic E-state index is 14.2. The molecule has 0 bridgehead atoms. The number of nitrogens with two attached hydrogens (primary N) is 1. The molecule has 0 aliphatic carbocycles. The molecule has 0 aliphatic heterocycles. The molecule has 0 fully saturated rings. The maximum Gasteiger partial charge on any atom is 0.308 e. The van der Waals surface area contributed by atoms with E-state index in [4.69, 9.17) is 21.8 Å². The van der Waals surface area contributed by atoms with Gasteiger partial charge in [-0.3, -0.25) is 14.4 Å². The molecule has 2 aromatic carbocycles. The van der Waals surface area contributed by atoms with Crippen LogP contribution in [0.5, 0.6) is 0 Å². The van der Waals surface area contributed by atoms with Crippen molar-refractivity contribution in [3.05, 3.63) is 76.7 Å². The predicted octanol–water partition coefficient (Wildman–Crippen LogP) is 2.95. The molecule has 3 rings (SSSR count). The van der Waals surface area contributed by atoms with Gasteiger partial charge in [-0.1, -0.05) is 35.9 Å². The molecule has 36 heavy (non-hydrogen) atoms. The fourth-order valence-electron chi connectivity index (χ4n) is 3.65. The van der Waals surface area contributed by atoms with Crippen LogP contribution in [0.3, 0.4) is 0 Å². The van der Waals surface area contributed by atoms with Crippen molar-refractivity contribution in [2.45, 2.75) is 25.8 Å². The zero-order valence-electron chi connectivity index (χ0n) is 19.5. The zero-order chi connectivity index (χ0) is 26.2. The Balaban J connectivity index is 1.80. The second kappa shape index (κ2) is 12.3. The van der Waals surface area contributed by atoms with E-state index in [0.717, 1.165) is 5.56 Å². The van der Waals surface area contributed by atoms with Gasteiger partial charge in [0.15, 0.2) is 0 Å². The Labute approximate surface area is 211 Å². The summed E-state index contributed by atoms with van der Waals surface area (Å²) in [7, 11) is 0. The minimum Gasteiger partial charge on any atom is -0.481 e. The summed E-state index contributed by atoms with van der Waals surface area (Å²) in [5.41, 5.74) is 7.01. The molecule has 0 radical (unpaired) electrons. The Morgan fingerprint density at radius 2 is 1.92 bits per heavy atom. The molecule has 11 heteroatoms. The van der Waals surface area contributed by atoms with Crippen molar-refractivity contribution in [1.29, 1.82) is 0 Å². The topological polar surface area (TPSA) is 148 Å². The number of rotatable bonds is 11. The molecule has 0 saturated heterocycles. The van der Waals surface area contributed by atoms with Crippen LogP contribution in [0.25, 0.3) is 11.1 Å². The van der Waals surface area contributed by atoms with Crippen LogP contribution in [0.1, 0.15) is 28.4 Å². The van der Waals surface area contributed by atoms with Crippen LogP contribution in [0, 0.1) is 18.7 Å². The van der Waals surface area contributed by atoms with Gasteiger partial charge in [0.1, 0.15) is 11.6 Å². The highest BCUT2D eigenvalue weighted by Gasteiger charge is 2.26. The highest BCUT2D eigenvalue weighted by molar-refractivity contribution is 6.30. The fraction of sp³-hybridized carbons (Fsp3) is 0.280. The fourth-order valence-corrected chi connectivity index (χ4v) is 3.82. The first-order chi connectivity index (χ1) is 17.2. The number of hydrogen-bond acceptors (Lipinski definition) is 6. The highest BCUT2D eigenvalue weighted by atomic mass is 35.5. The number of carboxylic acid groups (broad SMARTS) is 1. The summed E-state index contributed by atoms with van der Waals surface area (Å²) in [5, 5.41) is 15.3. The molecule has 0 spiro atoms. The maximum absolute atomic E-state index is 14.2. The molecule has 0 aliphatic rings. The lowest BCUT2D eigenvalue weighted by Gasteiger charge is -2.22. The Morgan fingerprint density at radius 3 is 2.53 bits per heavy atom. The first-order valence-electron chi connectivity index (χ1n) is 11.1. The number of aliphatic carboxylic acids is 1. The smallest absolute Gasteiger partial charge is 0.308 e. The van der Waals surface area contributed by atoms with Gasteiger partial charge in [-0.15, -0.1) is 0 Å². The van der Waals surface area contributed by atoms with Crippen LogP contribution < -0.4 is 16.4 Å². The number of nitrogens with zero attached hydrogens (tertiary/aromatic N) is 1. The molecule has 1 heterocycles. The summed E-state index contributed by atoms with van der Waals surface area (Å²) < 4.78 is 19.5. The van der Waals surface area contributed by atoms with Crippen LogP contribution in [-0.2, 0) is 16.0 Å². The van der Waals surface area contributed by atoms with Crippen molar-refractivity contribution in [2.24, 2.45) is 11.7 Å².